The minimum Gasteiger partial charge on any atom is -0.478 e. The molecule has 3 aromatic rings. The average molecular weight is 414 g/mol. The Morgan fingerprint density at radius 1 is 1.00 bits per heavy atom. The number of aromatic carboxylic acids is 1. The molecule has 1 heterocycles. The molecular weight excluding hydrogens is 394 g/mol. The Bertz CT molecular complexity index is 952. The van der Waals surface area contributed by atoms with Gasteiger partial charge in [-0.1, -0.05) is 54.1 Å². The largest absolute Gasteiger partial charge is 0.478 e. The first kappa shape index (κ1) is 20.1. The predicted molar refractivity (Wildman–Crippen MR) is 114 cm³/mol. The van der Waals surface area contributed by atoms with Crippen LogP contribution in [0.3, 0.4) is 0 Å². The first-order valence-corrected chi connectivity index (χ1v) is 10.2. The molecule has 3 rings (SSSR count). The third kappa shape index (κ3) is 5.21. The maximum atomic E-state index is 12.3. The smallest absolute Gasteiger partial charge is 0.339 e. The second kappa shape index (κ2) is 9.53. The van der Waals surface area contributed by atoms with E-state index in [1.54, 1.807) is 29.6 Å². The molecule has 0 atom stereocenters. The quantitative estimate of drug-likeness (QED) is 0.437. The van der Waals surface area contributed by atoms with E-state index in [0.717, 1.165) is 24.8 Å². The molecular formula is C22H20ClNO3S. The topological polar surface area (TPSA) is 66.4 Å². The van der Waals surface area contributed by atoms with Gasteiger partial charge in [-0.15, -0.1) is 11.3 Å². The van der Waals surface area contributed by atoms with Gasteiger partial charge in [-0.05, 0) is 42.5 Å². The van der Waals surface area contributed by atoms with Gasteiger partial charge in [0, 0.05) is 16.8 Å². The number of halogens is 1. The SMILES string of the molecule is O=C(CCCCc1ccccc1)Nc1csc(-c2ccc(Cl)cc2)c1C(=O)O. The lowest BCUT2D eigenvalue weighted by molar-refractivity contribution is -0.116. The molecule has 28 heavy (non-hydrogen) atoms. The van der Waals surface area contributed by atoms with Gasteiger partial charge in [-0.25, -0.2) is 4.79 Å². The summed E-state index contributed by atoms with van der Waals surface area (Å²) < 4.78 is 0. The van der Waals surface area contributed by atoms with Crippen LogP contribution in [0.25, 0.3) is 10.4 Å². The van der Waals surface area contributed by atoms with Crippen LogP contribution in [0.4, 0.5) is 5.69 Å². The van der Waals surface area contributed by atoms with Crippen molar-refractivity contribution in [3.63, 3.8) is 0 Å². The summed E-state index contributed by atoms with van der Waals surface area (Å²) in [6, 6.07) is 17.1. The monoisotopic (exact) mass is 413 g/mol. The molecule has 2 aromatic carbocycles. The average Bonchev–Trinajstić information content (AvgIpc) is 3.10. The molecule has 0 saturated heterocycles. The maximum Gasteiger partial charge on any atom is 0.339 e. The fourth-order valence-electron chi connectivity index (χ4n) is 2.95. The summed E-state index contributed by atoms with van der Waals surface area (Å²) >= 11 is 7.20. The first-order chi connectivity index (χ1) is 13.5. The Kier molecular flexibility index (Phi) is 6.85. The van der Waals surface area contributed by atoms with Crippen LogP contribution in [-0.2, 0) is 11.2 Å². The van der Waals surface area contributed by atoms with E-state index >= 15 is 0 Å². The van der Waals surface area contributed by atoms with Crippen molar-refractivity contribution >= 4 is 40.5 Å². The van der Waals surface area contributed by atoms with Crippen molar-refractivity contribution in [3.05, 3.63) is 76.1 Å². The number of hydrogen-bond acceptors (Lipinski definition) is 3. The Hall–Kier alpha value is -2.63. The van der Waals surface area contributed by atoms with E-state index in [0.29, 0.717) is 22.0 Å². The van der Waals surface area contributed by atoms with E-state index in [1.165, 1.54) is 16.9 Å². The number of nitrogens with one attached hydrogen (secondary N) is 1. The van der Waals surface area contributed by atoms with E-state index in [2.05, 4.69) is 17.4 Å². The Morgan fingerprint density at radius 2 is 1.71 bits per heavy atom. The summed E-state index contributed by atoms with van der Waals surface area (Å²) in [6.45, 7) is 0. The van der Waals surface area contributed by atoms with Gasteiger partial charge in [0.1, 0.15) is 5.56 Å². The number of hydrogen-bond donors (Lipinski definition) is 2. The van der Waals surface area contributed by atoms with Crippen molar-refractivity contribution in [2.24, 2.45) is 0 Å². The molecule has 0 aliphatic carbocycles. The molecule has 1 amide bonds. The molecule has 2 N–H and O–H groups in total. The van der Waals surface area contributed by atoms with Gasteiger partial charge in [-0.2, -0.15) is 0 Å². The fourth-order valence-corrected chi connectivity index (χ4v) is 4.07. The van der Waals surface area contributed by atoms with Crippen LogP contribution in [0.5, 0.6) is 0 Å². The number of thiophene rings is 1. The second-order valence-corrected chi connectivity index (χ2v) is 7.72. The standard InChI is InChI=1S/C22H20ClNO3S/c23-17-12-10-16(11-13-17)21-20(22(26)27)18(14-28-21)24-19(25)9-5-4-8-15-6-2-1-3-7-15/h1-3,6-7,10-14H,4-5,8-9H2,(H,24,25)(H,26,27). The van der Waals surface area contributed by atoms with Gasteiger partial charge in [0.05, 0.1) is 10.6 Å². The van der Waals surface area contributed by atoms with E-state index in [1.807, 2.05) is 18.2 Å². The fraction of sp³-hybridized carbons (Fsp3) is 0.182. The van der Waals surface area contributed by atoms with Crippen LogP contribution in [0, 0.1) is 0 Å². The van der Waals surface area contributed by atoms with Crippen LogP contribution >= 0.6 is 22.9 Å². The first-order valence-electron chi connectivity index (χ1n) is 8.99. The van der Waals surface area contributed by atoms with Gasteiger partial charge < -0.3 is 10.4 Å². The number of carboxylic acid groups (broad SMARTS) is 1. The Labute approximate surface area is 172 Å². The zero-order chi connectivity index (χ0) is 19.9. The number of rotatable bonds is 8. The summed E-state index contributed by atoms with van der Waals surface area (Å²) in [5.74, 6) is -1.23. The molecule has 4 nitrogen and oxygen atoms in total. The highest BCUT2D eigenvalue weighted by atomic mass is 35.5. The molecule has 0 bridgehead atoms. The number of unbranched alkanes of at least 4 members (excludes halogenated alkanes) is 1. The van der Waals surface area contributed by atoms with Crippen LogP contribution < -0.4 is 5.32 Å². The highest BCUT2D eigenvalue weighted by Crippen LogP contribution is 2.36. The zero-order valence-corrected chi connectivity index (χ0v) is 16.7. The van der Waals surface area contributed by atoms with Crippen molar-refractivity contribution < 1.29 is 14.7 Å². The highest BCUT2D eigenvalue weighted by Gasteiger charge is 2.21. The zero-order valence-electron chi connectivity index (χ0n) is 15.2. The third-order valence-electron chi connectivity index (χ3n) is 4.35. The van der Waals surface area contributed by atoms with E-state index < -0.39 is 5.97 Å². The molecule has 0 aliphatic heterocycles. The molecule has 1 aromatic heterocycles. The number of carboxylic acids is 1. The lowest BCUT2D eigenvalue weighted by Crippen LogP contribution is -2.13. The minimum atomic E-state index is -1.06. The van der Waals surface area contributed by atoms with E-state index in [9.17, 15) is 14.7 Å². The van der Waals surface area contributed by atoms with E-state index in [4.69, 9.17) is 11.6 Å². The predicted octanol–water partition coefficient (Wildman–Crippen LogP) is 6.12. The molecule has 144 valence electrons. The summed E-state index contributed by atoms with van der Waals surface area (Å²) in [4.78, 5) is 24.6. The molecule has 0 spiro atoms. The number of amides is 1. The number of carbonyl (C=O) groups excluding carboxylic acids is 1. The normalized spacial score (nSPS) is 10.6. The Morgan fingerprint density at radius 3 is 2.39 bits per heavy atom. The third-order valence-corrected chi connectivity index (χ3v) is 5.63. The molecule has 6 heteroatoms. The summed E-state index contributed by atoms with van der Waals surface area (Å²) in [5, 5.41) is 14.7. The summed E-state index contributed by atoms with van der Waals surface area (Å²) in [7, 11) is 0. The maximum absolute atomic E-state index is 12.3. The number of carbonyl (C=O) groups is 2. The number of aryl methyl sites for hydroxylation is 1. The van der Waals surface area contributed by atoms with Crippen LogP contribution in [0.1, 0.15) is 35.2 Å². The van der Waals surface area contributed by atoms with Crippen LogP contribution in [-0.4, -0.2) is 17.0 Å². The van der Waals surface area contributed by atoms with Gasteiger partial charge in [-0.3, -0.25) is 4.79 Å². The molecule has 0 radical (unpaired) electrons. The van der Waals surface area contributed by atoms with Crippen molar-refractivity contribution in [1.29, 1.82) is 0 Å². The summed E-state index contributed by atoms with van der Waals surface area (Å²) in [6.07, 6.45) is 2.94. The summed E-state index contributed by atoms with van der Waals surface area (Å²) in [5.41, 5.74) is 2.47. The van der Waals surface area contributed by atoms with Crippen LogP contribution in [0.2, 0.25) is 5.02 Å². The van der Waals surface area contributed by atoms with Gasteiger partial charge >= 0.3 is 5.97 Å². The lowest BCUT2D eigenvalue weighted by atomic mass is 10.1. The lowest BCUT2D eigenvalue weighted by Gasteiger charge is -2.07. The van der Waals surface area contributed by atoms with Crippen molar-refractivity contribution in [2.75, 3.05) is 5.32 Å². The molecule has 0 aliphatic rings. The molecule has 0 saturated carbocycles. The molecule has 0 unspecified atom stereocenters. The molecule has 0 fully saturated rings. The van der Waals surface area contributed by atoms with Gasteiger partial charge in [0.15, 0.2) is 0 Å². The van der Waals surface area contributed by atoms with Gasteiger partial charge in [0.25, 0.3) is 0 Å². The Balaban J connectivity index is 1.61. The van der Waals surface area contributed by atoms with E-state index in [-0.39, 0.29) is 11.5 Å². The second-order valence-electron chi connectivity index (χ2n) is 6.41. The highest BCUT2D eigenvalue weighted by molar-refractivity contribution is 7.14. The van der Waals surface area contributed by atoms with Gasteiger partial charge in [0.2, 0.25) is 5.91 Å². The van der Waals surface area contributed by atoms with Crippen molar-refractivity contribution in [2.45, 2.75) is 25.7 Å². The minimum absolute atomic E-state index is 0.116. The van der Waals surface area contributed by atoms with Crippen LogP contribution in [0.15, 0.2) is 60.0 Å². The van der Waals surface area contributed by atoms with Crippen molar-refractivity contribution in [3.8, 4) is 10.4 Å². The number of anilines is 1. The number of benzene rings is 2. The van der Waals surface area contributed by atoms with Crippen molar-refractivity contribution in [1.82, 2.24) is 0 Å².